The van der Waals surface area contributed by atoms with Gasteiger partial charge in [-0.3, -0.25) is 14.4 Å². The first-order chi connectivity index (χ1) is 14.6. The van der Waals surface area contributed by atoms with Gasteiger partial charge in [-0.2, -0.15) is 0 Å². The fraction of sp³-hybridized carbons (Fsp3) is 0.625. The topological polar surface area (TPSA) is 87.7 Å². The summed E-state index contributed by atoms with van der Waals surface area (Å²) in [5.41, 5.74) is 0.379. The summed E-state index contributed by atoms with van der Waals surface area (Å²) in [5, 5.41) is 5.82. The number of ether oxygens (including phenoxy) is 1. The molecule has 1 aliphatic heterocycles. The maximum Gasteiger partial charge on any atom is 0.255 e. The van der Waals surface area contributed by atoms with Crippen LogP contribution in [0.2, 0.25) is 0 Å². The third kappa shape index (κ3) is 6.45. The summed E-state index contributed by atoms with van der Waals surface area (Å²) in [6.07, 6.45) is 1.21. The van der Waals surface area contributed by atoms with Gasteiger partial charge in [-0.25, -0.2) is 0 Å². The second kappa shape index (κ2) is 11.2. The van der Waals surface area contributed by atoms with Crippen molar-refractivity contribution in [3.8, 4) is 5.75 Å². The molecule has 0 aromatic heterocycles. The van der Waals surface area contributed by atoms with Crippen molar-refractivity contribution in [3.63, 3.8) is 0 Å². The van der Waals surface area contributed by atoms with E-state index in [1.54, 1.807) is 29.2 Å². The number of hydrogen-bond acceptors (Lipinski definition) is 4. The van der Waals surface area contributed by atoms with Gasteiger partial charge in [-0.15, -0.1) is 0 Å². The number of benzene rings is 1. The third-order valence-corrected chi connectivity index (χ3v) is 5.73. The summed E-state index contributed by atoms with van der Waals surface area (Å²) in [4.78, 5) is 41.4. The van der Waals surface area contributed by atoms with Crippen molar-refractivity contribution in [3.05, 3.63) is 29.8 Å². The molecule has 0 fully saturated rings. The van der Waals surface area contributed by atoms with Gasteiger partial charge < -0.3 is 20.3 Å². The van der Waals surface area contributed by atoms with Crippen LogP contribution in [-0.4, -0.2) is 53.9 Å². The van der Waals surface area contributed by atoms with Crippen molar-refractivity contribution < 1.29 is 19.1 Å². The molecule has 31 heavy (non-hydrogen) atoms. The zero-order valence-electron chi connectivity index (χ0n) is 19.6. The zero-order chi connectivity index (χ0) is 23.1. The van der Waals surface area contributed by atoms with Gasteiger partial charge in [0.15, 0.2) is 0 Å². The van der Waals surface area contributed by atoms with E-state index in [0.29, 0.717) is 24.3 Å². The second-order valence-electron chi connectivity index (χ2n) is 9.00. The summed E-state index contributed by atoms with van der Waals surface area (Å²) in [5.74, 6) is -0.231. The van der Waals surface area contributed by atoms with E-state index in [1.807, 2.05) is 41.5 Å². The van der Waals surface area contributed by atoms with Crippen LogP contribution in [0.5, 0.6) is 5.75 Å². The van der Waals surface area contributed by atoms with Crippen molar-refractivity contribution >= 4 is 17.7 Å². The first-order valence-electron chi connectivity index (χ1n) is 11.3. The zero-order valence-corrected chi connectivity index (χ0v) is 19.6. The molecule has 0 spiro atoms. The molecule has 1 aromatic carbocycles. The van der Waals surface area contributed by atoms with Gasteiger partial charge in [0.05, 0.1) is 12.1 Å². The van der Waals surface area contributed by atoms with E-state index in [4.69, 9.17) is 4.74 Å². The first-order valence-corrected chi connectivity index (χ1v) is 11.3. The Kier molecular flexibility index (Phi) is 8.89. The number of rotatable bonds is 5. The Balaban J connectivity index is 2.48. The number of carbonyl (C=O) groups is 3. The highest BCUT2D eigenvalue weighted by Gasteiger charge is 2.34. The van der Waals surface area contributed by atoms with E-state index < -0.39 is 12.1 Å². The molecular formula is C24H37N3O4. The number of para-hydroxylation sites is 1. The Morgan fingerprint density at radius 2 is 1.74 bits per heavy atom. The van der Waals surface area contributed by atoms with E-state index >= 15 is 0 Å². The van der Waals surface area contributed by atoms with Gasteiger partial charge in [0.2, 0.25) is 11.8 Å². The molecule has 0 saturated carbocycles. The highest BCUT2D eigenvalue weighted by Crippen LogP contribution is 2.20. The van der Waals surface area contributed by atoms with Crippen molar-refractivity contribution in [2.45, 2.75) is 72.5 Å². The molecule has 0 radical (unpaired) electrons. The molecule has 1 aromatic rings. The molecule has 172 valence electrons. The number of amides is 3. The maximum absolute atomic E-state index is 13.4. The van der Waals surface area contributed by atoms with E-state index in [9.17, 15) is 14.4 Å². The van der Waals surface area contributed by atoms with E-state index in [-0.39, 0.29) is 42.2 Å². The van der Waals surface area contributed by atoms with E-state index in [1.165, 1.54) is 0 Å². The van der Waals surface area contributed by atoms with Gasteiger partial charge in [-0.1, -0.05) is 46.2 Å². The number of carbonyl (C=O) groups excluding carboxylic acids is 3. The summed E-state index contributed by atoms with van der Waals surface area (Å²) in [6, 6.07) is 5.53. The van der Waals surface area contributed by atoms with Crippen LogP contribution >= 0.6 is 0 Å². The van der Waals surface area contributed by atoms with Crippen LogP contribution in [-0.2, 0) is 9.59 Å². The molecule has 2 rings (SSSR count). The molecule has 0 aliphatic carbocycles. The molecule has 1 aliphatic rings. The van der Waals surface area contributed by atoms with Crippen LogP contribution < -0.4 is 15.4 Å². The number of fused-ring (bicyclic) bond motifs is 1. The number of nitrogens with zero attached hydrogens (tertiary/aromatic N) is 1. The summed E-state index contributed by atoms with van der Waals surface area (Å²) in [6.45, 7) is 12.5. The van der Waals surface area contributed by atoms with Crippen molar-refractivity contribution in [2.24, 2.45) is 11.8 Å². The first kappa shape index (κ1) is 24.7. The van der Waals surface area contributed by atoms with Crippen LogP contribution in [0.15, 0.2) is 24.3 Å². The number of nitrogens with one attached hydrogen (secondary N) is 2. The smallest absolute Gasteiger partial charge is 0.255 e. The molecule has 3 amide bonds. The standard InChI is InChI=1S/C24H37N3O4/c1-7-17(6)21-24(30)27(16(4)5)12-13-31-20-11-9-8-10-18(20)22(28)25-19(14-15(2)3)23(29)26-21/h8-11,15-17,19,21H,7,12-14H2,1-6H3,(H,25,28)(H,26,29)/t17-,19-,21-/m0/s1. The van der Waals surface area contributed by atoms with Crippen LogP contribution in [0.4, 0.5) is 0 Å². The maximum atomic E-state index is 13.4. The van der Waals surface area contributed by atoms with Gasteiger partial charge in [-0.05, 0) is 44.2 Å². The SMILES string of the molecule is CC[C@H](C)[C@@H]1NC(=O)[C@H](CC(C)C)NC(=O)c2ccccc2OCCN(C(C)C)C1=O. The molecule has 0 unspecified atom stereocenters. The average molecular weight is 432 g/mol. The van der Waals surface area contributed by atoms with Gasteiger partial charge in [0, 0.05) is 6.04 Å². The molecule has 2 N–H and O–H groups in total. The molecular weight excluding hydrogens is 394 g/mol. The largest absolute Gasteiger partial charge is 0.491 e. The Morgan fingerprint density at radius 3 is 2.35 bits per heavy atom. The molecule has 7 nitrogen and oxygen atoms in total. The Hall–Kier alpha value is -2.57. The highest BCUT2D eigenvalue weighted by molar-refractivity contribution is 6.00. The minimum absolute atomic E-state index is 0.0451. The molecule has 0 bridgehead atoms. The predicted octanol–water partition coefficient (Wildman–Crippen LogP) is 2.99. The lowest BCUT2D eigenvalue weighted by atomic mass is 9.95. The van der Waals surface area contributed by atoms with Gasteiger partial charge in [0.25, 0.3) is 5.91 Å². The lowest BCUT2D eigenvalue weighted by Gasteiger charge is -2.34. The normalized spacial score (nSPS) is 21.9. The fourth-order valence-electron chi connectivity index (χ4n) is 3.71. The Bertz CT molecular complexity index is 778. The lowest BCUT2D eigenvalue weighted by molar-refractivity contribution is -0.140. The Morgan fingerprint density at radius 1 is 1.06 bits per heavy atom. The molecule has 7 heteroatoms. The van der Waals surface area contributed by atoms with Gasteiger partial charge in [0.1, 0.15) is 24.4 Å². The minimum Gasteiger partial charge on any atom is -0.491 e. The lowest BCUT2D eigenvalue weighted by Crippen LogP contribution is -2.57. The quantitative estimate of drug-likeness (QED) is 0.750. The Labute approximate surface area is 185 Å². The van der Waals surface area contributed by atoms with E-state index in [0.717, 1.165) is 6.42 Å². The van der Waals surface area contributed by atoms with E-state index in [2.05, 4.69) is 10.6 Å². The average Bonchev–Trinajstić information content (AvgIpc) is 2.73. The molecule has 1 heterocycles. The second-order valence-corrected chi connectivity index (χ2v) is 9.00. The summed E-state index contributed by atoms with van der Waals surface area (Å²) >= 11 is 0. The number of hydrogen-bond donors (Lipinski definition) is 2. The highest BCUT2D eigenvalue weighted by atomic mass is 16.5. The van der Waals surface area contributed by atoms with Crippen molar-refractivity contribution in [2.75, 3.05) is 13.2 Å². The molecule has 3 atom stereocenters. The van der Waals surface area contributed by atoms with Gasteiger partial charge >= 0.3 is 0 Å². The third-order valence-electron chi connectivity index (χ3n) is 5.73. The predicted molar refractivity (Wildman–Crippen MR) is 121 cm³/mol. The summed E-state index contributed by atoms with van der Waals surface area (Å²) < 4.78 is 5.91. The van der Waals surface area contributed by atoms with Crippen molar-refractivity contribution in [1.29, 1.82) is 0 Å². The fourth-order valence-corrected chi connectivity index (χ4v) is 3.71. The monoisotopic (exact) mass is 431 g/mol. The summed E-state index contributed by atoms with van der Waals surface area (Å²) in [7, 11) is 0. The van der Waals surface area contributed by atoms with Crippen molar-refractivity contribution in [1.82, 2.24) is 15.5 Å². The minimum atomic E-state index is -0.742. The van der Waals surface area contributed by atoms with Crippen LogP contribution in [0.25, 0.3) is 0 Å². The van der Waals surface area contributed by atoms with Crippen LogP contribution in [0.1, 0.15) is 64.7 Å². The molecule has 0 saturated heterocycles. The van der Waals surface area contributed by atoms with Crippen LogP contribution in [0, 0.1) is 11.8 Å². The van der Waals surface area contributed by atoms with Crippen LogP contribution in [0.3, 0.4) is 0 Å².